The Morgan fingerprint density at radius 1 is 1.20 bits per heavy atom. The van der Waals surface area contributed by atoms with Crippen molar-refractivity contribution in [2.24, 2.45) is 0 Å². The lowest BCUT2D eigenvalue weighted by Crippen LogP contribution is -2.34. The minimum absolute atomic E-state index is 0.355. The van der Waals surface area contributed by atoms with Gasteiger partial charge in [0.05, 0.1) is 22.8 Å². The number of aromatic nitrogens is 1. The van der Waals surface area contributed by atoms with E-state index in [4.69, 9.17) is 9.47 Å². The number of ether oxygens (including phenoxy) is 2. The van der Waals surface area contributed by atoms with Crippen LogP contribution in [0.25, 0.3) is 10.9 Å². The molecular formula is C23H31BrN2O4. The highest BCUT2D eigenvalue weighted by molar-refractivity contribution is 9.10. The zero-order chi connectivity index (χ0) is 21.9. The van der Waals surface area contributed by atoms with Crippen LogP contribution < -0.4 is 5.32 Å². The molecule has 0 aliphatic heterocycles. The standard InChI is InChI=1S/C23H31BrN2O4/c1-23(2,3)30-22(28)25-12-13-26-18-14-16(21(27)29-4)10-11-17(18)19(20(26)24)15-8-6-5-7-9-15/h10-11,14-15H,5-9,12-13H2,1-4H3,(H,25,28). The molecule has 6 nitrogen and oxygen atoms in total. The minimum atomic E-state index is -0.533. The van der Waals surface area contributed by atoms with E-state index in [0.717, 1.165) is 15.5 Å². The van der Waals surface area contributed by atoms with Crippen LogP contribution in [0.4, 0.5) is 4.79 Å². The van der Waals surface area contributed by atoms with Gasteiger partial charge in [0.15, 0.2) is 0 Å². The summed E-state index contributed by atoms with van der Waals surface area (Å²) in [6.45, 7) is 6.51. The van der Waals surface area contributed by atoms with E-state index in [-0.39, 0.29) is 5.97 Å². The predicted octanol–water partition coefficient (Wildman–Crippen LogP) is 5.76. The number of methoxy groups -OCH3 is 1. The third-order valence-corrected chi connectivity index (χ3v) is 6.33. The Kier molecular flexibility index (Phi) is 7.11. The van der Waals surface area contributed by atoms with E-state index in [9.17, 15) is 9.59 Å². The number of rotatable bonds is 5. The largest absolute Gasteiger partial charge is 0.465 e. The van der Waals surface area contributed by atoms with E-state index in [1.54, 1.807) is 0 Å². The Hall–Kier alpha value is -2.02. The van der Waals surface area contributed by atoms with Crippen molar-refractivity contribution < 1.29 is 19.1 Å². The molecule has 3 rings (SSSR count). The second-order valence-electron chi connectivity index (χ2n) is 8.84. The molecule has 0 bridgehead atoms. The Balaban J connectivity index is 1.91. The van der Waals surface area contributed by atoms with E-state index in [2.05, 4.69) is 25.8 Å². The first-order chi connectivity index (χ1) is 14.2. The highest BCUT2D eigenvalue weighted by Gasteiger charge is 2.25. The number of esters is 1. The van der Waals surface area contributed by atoms with Gasteiger partial charge < -0.3 is 19.4 Å². The summed E-state index contributed by atoms with van der Waals surface area (Å²) in [5, 5.41) is 3.97. The van der Waals surface area contributed by atoms with Gasteiger partial charge in [-0.05, 0) is 73.2 Å². The number of alkyl carbamates (subject to hydrolysis) is 1. The maximum absolute atomic E-state index is 12.1. The first kappa shape index (κ1) is 22.7. The van der Waals surface area contributed by atoms with Crippen molar-refractivity contribution in [3.05, 3.63) is 33.9 Å². The van der Waals surface area contributed by atoms with Crippen molar-refractivity contribution in [1.29, 1.82) is 0 Å². The van der Waals surface area contributed by atoms with Gasteiger partial charge in [0.1, 0.15) is 5.60 Å². The summed E-state index contributed by atoms with van der Waals surface area (Å²) in [5.41, 5.74) is 2.26. The summed E-state index contributed by atoms with van der Waals surface area (Å²) in [7, 11) is 1.39. The van der Waals surface area contributed by atoms with Crippen molar-refractivity contribution in [1.82, 2.24) is 9.88 Å². The van der Waals surface area contributed by atoms with Gasteiger partial charge in [0.2, 0.25) is 0 Å². The molecule has 1 aliphatic carbocycles. The molecule has 2 aromatic rings. The van der Waals surface area contributed by atoms with Gasteiger partial charge >= 0.3 is 12.1 Å². The van der Waals surface area contributed by atoms with Crippen LogP contribution in [0.2, 0.25) is 0 Å². The Morgan fingerprint density at radius 3 is 2.53 bits per heavy atom. The Labute approximate surface area is 186 Å². The highest BCUT2D eigenvalue weighted by Crippen LogP contribution is 2.42. The summed E-state index contributed by atoms with van der Waals surface area (Å²) < 4.78 is 13.4. The number of hydrogen-bond acceptors (Lipinski definition) is 4. The van der Waals surface area contributed by atoms with Crippen LogP contribution in [0.1, 0.15) is 74.7 Å². The van der Waals surface area contributed by atoms with Gasteiger partial charge in [-0.3, -0.25) is 0 Å². The van der Waals surface area contributed by atoms with E-state index in [0.29, 0.717) is 24.6 Å². The second-order valence-corrected chi connectivity index (χ2v) is 9.59. The van der Waals surface area contributed by atoms with Crippen molar-refractivity contribution in [3.63, 3.8) is 0 Å². The average Bonchev–Trinajstić information content (AvgIpc) is 2.97. The lowest BCUT2D eigenvalue weighted by molar-refractivity contribution is 0.0525. The van der Waals surface area contributed by atoms with Crippen LogP contribution in [0.3, 0.4) is 0 Å². The fraction of sp³-hybridized carbons (Fsp3) is 0.565. The number of fused-ring (bicyclic) bond motifs is 1. The molecular weight excluding hydrogens is 448 g/mol. The quantitative estimate of drug-likeness (QED) is 0.554. The minimum Gasteiger partial charge on any atom is -0.465 e. The van der Waals surface area contributed by atoms with E-state index in [1.807, 2.05) is 39.0 Å². The number of hydrogen-bond donors (Lipinski definition) is 1. The number of benzene rings is 1. The summed E-state index contributed by atoms with van der Waals surface area (Å²) in [6.07, 6.45) is 5.69. The fourth-order valence-electron chi connectivity index (χ4n) is 4.17. The Morgan fingerprint density at radius 2 is 1.90 bits per heavy atom. The summed E-state index contributed by atoms with van der Waals surface area (Å²) in [4.78, 5) is 24.1. The lowest BCUT2D eigenvalue weighted by Gasteiger charge is -2.22. The number of nitrogens with one attached hydrogen (secondary N) is 1. The zero-order valence-electron chi connectivity index (χ0n) is 18.2. The SMILES string of the molecule is COC(=O)c1ccc2c(C3CCCCC3)c(Br)n(CCNC(=O)OC(C)(C)C)c2c1. The normalized spacial score (nSPS) is 15.2. The van der Waals surface area contributed by atoms with Crippen LogP contribution in [-0.4, -0.2) is 35.9 Å². The molecule has 0 spiro atoms. The number of carbonyl (C=O) groups is 2. The number of amides is 1. The maximum Gasteiger partial charge on any atom is 0.407 e. The van der Waals surface area contributed by atoms with Gasteiger partial charge in [0.25, 0.3) is 0 Å². The van der Waals surface area contributed by atoms with Crippen molar-refractivity contribution in [2.75, 3.05) is 13.7 Å². The van der Waals surface area contributed by atoms with Gasteiger partial charge in [-0.25, -0.2) is 9.59 Å². The molecule has 30 heavy (non-hydrogen) atoms. The molecule has 0 saturated heterocycles. The average molecular weight is 479 g/mol. The molecule has 1 aromatic carbocycles. The van der Waals surface area contributed by atoms with E-state index in [1.165, 1.54) is 44.8 Å². The van der Waals surface area contributed by atoms with Crippen molar-refractivity contribution in [2.45, 2.75) is 70.9 Å². The number of nitrogens with zero attached hydrogens (tertiary/aromatic N) is 1. The topological polar surface area (TPSA) is 69.6 Å². The Bertz CT molecular complexity index is 923. The van der Waals surface area contributed by atoms with Gasteiger partial charge in [0, 0.05) is 18.5 Å². The maximum atomic E-state index is 12.1. The van der Waals surface area contributed by atoms with Crippen molar-refractivity contribution in [3.8, 4) is 0 Å². The molecule has 0 atom stereocenters. The van der Waals surface area contributed by atoms with Crippen LogP contribution in [-0.2, 0) is 16.0 Å². The van der Waals surface area contributed by atoms with Crippen molar-refractivity contribution >= 4 is 38.9 Å². The fourth-order valence-corrected chi connectivity index (χ4v) is 5.08. The first-order valence-corrected chi connectivity index (χ1v) is 11.4. The molecule has 1 N–H and O–H groups in total. The molecule has 0 unspecified atom stereocenters. The van der Waals surface area contributed by atoms with Crippen LogP contribution >= 0.6 is 15.9 Å². The van der Waals surface area contributed by atoms with Gasteiger partial charge in [-0.2, -0.15) is 0 Å². The molecule has 1 heterocycles. The molecule has 164 valence electrons. The van der Waals surface area contributed by atoms with E-state index >= 15 is 0 Å². The molecule has 0 radical (unpaired) electrons. The zero-order valence-corrected chi connectivity index (χ0v) is 19.8. The predicted molar refractivity (Wildman–Crippen MR) is 121 cm³/mol. The second kappa shape index (κ2) is 9.41. The molecule has 7 heteroatoms. The monoisotopic (exact) mass is 478 g/mol. The summed E-state index contributed by atoms with van der Waals surface area (Å²) >= 11 is 3.83. The molecule has 1 fully saturated rings. The van der Waals surface area contributed by atoms with Gasteiger partial charge in [-0.1, -0.05) is 25.3 Å². The molecule has 1 saturated carbocycles. The van der Waals surface area contributed by atoms with Crippen LogP contribution in [0.5, 0.6) is 0 Å². The molecule has 1 amide bonds. The summed E-state index contributed by atoms with van der Waals surface area (Å²) in [6, 6.07) is 5.73. The number of carbonyl (C=O) groups excluding carboxylic acids is 2. The molecule has 1 aromatic heterocycles. The van der Waals surface area contributed by atoms with Crippen LogP contribution in [0, 0.1) is 0 Å². The molecule has 1 aliphatic rings. The van der Waals surface area contributed by atoms with Gasteiger partial charge in [-0.15, -0.1) is 0 Å². The number of halogens is 1. The third-order valence-electron chi connectivity index (χ3n) is 5.48. The van der Waals surface area contributed by atoms with E-state index < -0.39 is 11.7 Å². The lowest BCUT2D eigenvalue weighted by atomic mass is 9.84. The van der Waals surface area contributed by atoms with Crippen LogP contribution in [0.15, 0.2) is 22.8 Å². The third kappa shape index (κ3) is 5.17. The highest BCUT2D eigenvalue weighted by atomic mass is 79.9. The first-order valence-electron chi connectivity index (χ1n) is 10.6. The smallest absolute Gasteiger partial charge is 0.407 e. The summed E-state index contributed by atoms with van der Waals surface area (Å²) in [5.74, 6) is 0.145.